The zero-order valence-corrected chi connectivity index (χ0v) is 15.7. The SMILES string of the molecule is COc1ccc(OCCNc2cc(NCCc3ccc(F)cc3)ncn2)cc1. The molecule has 7 heteroatoms. The van der Waals surface area contributed by atoms with Crippen molar-refractivity contribution in [1.29, 1.82) is 0 Å². The summed E-state index contributed by atoms with van der Waals surface area (Å²) in [5, 5.41) is 6.46. The second-order valence-corrected chi connectivity index (χ2v) is 6.04. The van der Waals surface area contributed by atoms with Crippen molar-refractivity contribution < 1.29 is 13.9 Å². The van der Waals surface area contributed by atoms with Gasteiger partial charge in [-0.15, -0.1) is 0 Å². The molecule has 146 valence electrons. The summed E-state index contributed by atoms with van der Waals surface area (Å²) >= 11 is 0. The van der Waals surface area contributed by atoms with E-state index in [-0.39, 0.29) is 5.82 Å². The number of methoxy groups -OCH3 is 1. The van der Waals surface area contributed by atoms with E-state index in [1.165, 1.54) is 18.5 Å². The fraction of sp³-hybridized carbons (Fsp3) is 0.238. The molecule has 3 rings (SSSR count). The van der Waals surface area contributed by atoms with E-state index >= 15 is 0 Å². The molecule has 0 fully saturated rings. The number of nitrogens with zero attached hydrogens (tertiary/aromatic N) is 2. The lowest BCUT2D eigenvalue weighted by molar-refractivity contribution is 0.331. The van der Waals surface area contributed by atoms with Crippen LogP contribution in [0.15, 0.2) is 60.9 Å². The predicted molar refractivity (Wildman–Crippen MR) is 108 cm³/mol. The maximum absolute atomic E-state index is 12.9. The van der Waals surface area contributed by atoms with E-state index in [9.17, 15) is 4.39 Å². The maximum atomic E-state index is 12.9. The molecule has 0 aliphatic heterocycles. The van der Waals surface area contributed by atoms with Crippen molar-refractivity contribution in [1.82, 2.24) is 9.97 Å². The standard InChI is InChI=1S/C21H23FN4O2/c1-27-18-6-8-19(9-7-18)28-13-12-24-21-14-20(25-15-26-21)23-11-10-16-2-4-17(22)5-3-16/h2-9,14-15H,10-13H2,1H3,(H2,23,24,25,26). The molecule has 0 bridgehead atoms. The summed E-state index contributed by atoms with van der Waals surface area (Å²) in [5.41, 5.74) is 1.07. The lowest BCUT2D eigenvalue weighted by atomic mass is 10.1. The van der Waals surface area contributed by atoms with Crippen molar-refractivity contribution >= 4 is 11.6 Å². The third-order valence-electron chi connectivity index (χ3n) is 4.04. The highest BCUT2D eigenvalue weighted by Gasteiger charge is 2.00. The minimum Gasteiger partial charge on any atom is -0.497 e. The van der Waals surface area contributed by atoms with Gasteiger partial charge in [0.15, 0.2) is 0 Å². The van der Waals surface area contributed by atoms with E-state index in [0.29, 0.717) is 19.7 Å². The smallest absolute Gasteiger partial charge is 0.131 e. The van der Waals surface area contributed by atoms with Crippen LogP contribution in [0, 0.1) is 5.82 Å². The summed E-state index contributed by atoms with van der Waals surface area (Å²) in [5.74, 6) is 2.81. The average Bonchev–Trinajstić information content (AvgIpc) is 2.73. The summed E-state index contributed by atoms with van der Waals surface area (Å²) < 4.78 is 23.7. The number of rotatable bonds is 10. The van der Waals surface area contributed by atoms with E-state index in [0.717, 1.165) is 35.1 Å². The van der Waals surface area contributed by atoms with Gasteiger partial charge in [-0.2, -0.15) is 0 Å². The van der Waals surface area contributed by atoms with Gasteiger partial charge in [0, 0.05) is 12.6 Å². The predicted octanol–water partition coefficient (Wildman–Crippen LogP) is 3.77. The van der Waals surface area contributed by atoms with E-state index in [2.05, 4.69) is 20.6 Å². The lowest BCUT2D eigenvalue weighted by Gasteiger charge is -2.10. The fourth-order valence-electron chi connectivity index (χ4n) is 2.56. The van der Waals surface area contributed by atoms with Crippen molar-refractivity contribution in [2.75, 3.05) is 37.4 Å². The average molecular weight is 382 g/mol. The number of ether oxygens (including phenoxy) is 2. The molecular formula is C21H23FN4O2. The molecule has 0 radical (unpaired) electrons. The fourth-order valence-corrected chi connectivity index (χ4v) is 2.56. The first-order chi connectivity index (χ1) is 13.7. The molecule has 0 aliphatic carbocycles. The first kappa shape index (κ1) is 19.4. The van der Waals surface area contributed by atoms with Crippen LogP contribution in [0.5, 0.6) is 11.5 Å². The molecule has 0 saturated carbocycles. The van der Waals surface area contributed by atoms with Gasteiger partial charge in [-0.05, 0) is 48.4 Å². The van der Waals surface area contributed by atoms with Gasteiger partial charge in [-0.3, -0.25) is 0 Å². The van der Waals surface area contributed by atoms with Crippen LogP contribution in [0.3, 0.4) is 0 Å². The first-order valence-corrected chi connectivity index (χ1v) is 9.04. The summed E-state index contributed by atoms with van der Waals surface area (Å²) in [6, 6.07) is 15.8. The number of anilines is 2. The van der Waals surface area contributed by atoms with E-state index in [1.807, 2.05) is 30.3 Å². The highest BCUT2D eigenvalue weighted by atomic mass is 19.1. The first-order valence-electron chi connectivity index (χ1n) is 9.04. The Morgan fingerprint density at radius 2 is 1.50 bits per heavy atom. The molecule has 0 aliphatic rings. The van der Waals surface area contributed by atoms with Gasteiger partial charge in [-0.1, -0.05) is 12.1 Å². The maximum Gasteiger partial charge on any atom is 0.131 e. The van der Waals surface area contributed by atoms with Crippen LogP contribution in [0.2, 0.25) is 0 Å². The third-order valence-corrected chi connectivity index (χ3v) is 4.04. The lowest BCUT2D eigenvalue weighted by Crippen LogP contribution is -2.13. The number of nitrogens with one attached hydrogen (secondary N) is 2. The highest BCUT2D eigenvalue weighted by Crippen LogP contribution is 2.17. The number of aromatic nitrogens is 2. The van der Waals surface area contributed by atoms with Crippen molar-refractivity contribution in [3.05, 3.63) is 72.3 Å². The molecular weight excluding hydrogens is 359 g/mol. The van der Waals surface area contributed by atoms with Gasteiger partial charge >= 0.3 is 0 Å². The second kappa shape index (κ2) is 10.1. The molecule has 0 amide bonds. The van der Waals surface area contributed by atoms with Crippen LogP contribution in [0.1, 0.15) is 5.56 Å². The van der Waals surface area contributed by atoms with E-state index in [1.54, 1.807) is 19.2 Å². The Balaban J connectivity index is 1.39. The van der Waals surface area contributed by atoms with Crippen LogP contribution in [0.25, 0.3) is 0 Å². The topological polar surface area (TPSA) is 68.3 Å². The van der Waals surface area contributed by atoms with Crippen LogP contribution in [-0.4, -0.2) is 36.8 Å². The Bertz CT molecular complexity index is 857. The third kappa shape index (κ3) is 6.12. The Morgan fingerprint density at radius 3 is 2.18 bits per heavy atom. The highest BCUT2D eigenvalue weighted by molar-refractivity contribution is 5.46. The van der Waals surface area contributed by atoms with Crippen molar-refractivity contribution in [3.8, 4) is 11.5 Å². The molecule has 3 aromatic rings. The molecule has 28 heavy (non-hydrogen) atoms. The molecule has 1 aromatic heterocycles. The number of hydrogen-bond acceptors (Lipinski definition) is 6. The molecule has 2 aromatic carbocycles. The van der Waals surface area contributed by atoms with Gasteiger partial charge in [0.2, 0.25) is 0 Å². The number of hydrogen-bond donors (Lipinski definition) is 2. The number of halogens is 1. The minimum atomic E-state index is -0.223. The zero-order valence-electron chi connectivity index (χ0n) is 15.7. The normalized spacial score (nSPS) is 10.4. The van der Waals surface area contributed by atoms with Gasteiger partial charge < -0.3 is 20.1 Å². The molecule has 6 nitrogen and oxygen atoms in total. The molecule has 1 heterocycles. The minimum absolute atomic E-state index is 0.223. The Kier molecular flexibility index (Phi) is 7.01. The summed E-state index contributed by atoms with van der Waals surface area (Å²) in [6.45, 7) is 1.81. The van der Waals surface area contributed by atoms with Crippen molar-refractivity contribution in [2.45, 2.75) is 6.42 Å². The van der Waals surface area contributed by atoms with Crippen LogP contribution in [0.4, 0.5) is 16.0 Å². The van der Waals surface area contributed by atoms with E-state index in [4.69, 9.17) is 9.47 Å². The molecule has 2 N–H and O–H groups in total. The Labute approximate surface area is 163 Å². The van der Waals surface area contributed by atoms with Gasteiger partial charge in [0.25, 0.3) is 0 Å². The van der Waals surface area contributed by atoms with E-state index < -0.39 is 0 Å². The van der Waals surface area contributed by atoms with Crippen LogP contribution < -0.4 is 20.1 Å². The Hall–Kier alpha value is -3.35. The van der Waals surface area contributed by atoms with Gasteiger partial charge in [-0.25, -0.2) is 14.4 Å². The van der Waals surface area contributed by atoms with Gasteiger partial charge in [0.05, 0.1) is 13.7 Å². The number of benzene rings is 2. The molecule has 0 unspecified atom stereocenters. The second-order valence-electron chi connectivity index (χ2n) is 6.04. The van der Waals surface area contributed by atoms with Gasteiger partial charge in [0.1, 0.15) is 41.9 Å². The quantitative estimate of drug-likeness (QED) is 0.520. The largest absolute Gasteiger partial charge is 0.497 e. The molecule has 0 atom stereocenters. The summed E-state index contributed by atoms with van der Waals surface area (Å²) in [7, 11) is 1.63. The molecule has 0 saturated heterocycles. The van der Waals surface area contributed by atoms with Crippen molar-refractivity contribution in [2.24, 2.45) is 0 Å². The van der Waals surface area contributed by atoms with Crippen molar-refractivity contribution in [3.63, 3.8) is 0 Å². The molecule has 0 spiro atoms. The summed E-state index contributed by atoms with van der Waals surface area (Å²) in [6.07, 6.45) is 2.29. The monoisotopic (exact) mass is 382 g/mol. The zero-order chi connectivity index (χ0) is 19.6. The van der Waals surface area contributed by atoms with Crippen LogP contribution >= 0.6 is 0 Å². The summed E-state index contributed by atoms with van der Waals surface area (Å²) in [4.78, 5) is 8.42. The Morgan fingerprint density at radius 1 is 0.857 bits per heavy atom. The van der Waals surface area contributed by atoms with Crippen LogP contribution in [-0.2, 0) is 6.42 Å².